The first-order valence-electron chi connectivity index (χ1n) is 4.76. The molecular formula is C9H9Cl2NO2. The van der Waals surface area contributed by atoms with Crippen LogP contribution in [0.5, 0.6) is 0 Å². The lowest BCUT2D eigenvalue weighted by Crippen LogP contribution is -2.64. The van der Waals surface area contributed by atoms with E-state index in [1.54, 1.807) is 0 Å². The van der Waals surface area contributed by atoms with Crippen molar-refractivity contribution < 1.29 is 9.59 Å². The molecule has 2 saturated heterocycles. The molecule has 3 atom stereocenters. The lowest BCUT2D eigenvalue weighted by molar-refractivity contribution is -0.138. The van der Waals surface area contributed by atoms with Crippen LogP contribution in [0.2, 0.25) is 0 Å². The Bertz CT molecular complexity index is 359. The number of imide groups is 1. The largest absolute Gasteiger partial charge is 0.279 e. The zero-order valence-corrected chi connectivity index (χ0v) is 8.94. The van der Waals surface area contributed by atoms with Crippen molar-refractivity contribution in [1.29, 1.82) is 0 Å². The van der Waals surface area contributed by atoms with Gasteiger partial charge >= 0.3 is 0 Å². The summed E-state index contributed by atoms with van der Waals surface area (Å²) in [7, 11) is 0. The first-order valence-corrected chi connectivity index (χ1v) is 5.51. The van der Waals surface area contributed by atoms with Gasteiger partial charge in [0.1, 0.15) is 0 Å². The monoisotopic (exact) mass is 233 g/mol. The van der Waals surface area contributed by atoms with Gasteiger partial charge in [0.05, 0.1) is 0 Å². The molecule has 2 amide bonds. The number of alkyl halides is 2. The van der Waals surface area contributed by atoms with Gasteiger partial charge in [-0.1, -0.05) is 0 Å². The van der Waals surface area contributed by atoms with Crippen LogP contribution in [0.1, 0.15) is 19.3 Å². The molecule has 2 bridgehead atoms. The van der Waals surface area contributed by atoms with Crippen molar-refractivity contribution in [1.82, 2.24) is 4.90 Å². The highest BCUT2D eigenvalue weighted by atomic mass is 35.5. The second kappa shape index (κ2) is 2.27. The third-order valence-corrected chi connectivity index (χ3v) is 5.25. The minimum Gasteiger partial charge on any atom is -0.279 e. The fraction of sp³-hybridized carbons (Fsp3) is 0.778. The number of fused-ring (bicyclic) bond motifs is 1. The molecule has 0 N–H and O–H groups in total. The van der Waals surface area contributed by atoms with Crippen LogP contribution in [0.25, 0.3) is 0 Å². The van der Waals surface area contributed by atoms with E-state index in [0.717, 1.165) is 12.8 Å². The SMILES string of the molecule is O=C1N2CCC[C@@H]3C[C@]1(Cl)[C@]3(Cl)C2=O. The van der Waals surface area contributed by atoms with Crippen LogP contribution in [0.4, 0.5) is 0 Å². The zero-order chi connectivity index (χ0) is 10.1. The van der Waals surface area contributed by atoms with E-state index in [1.165, 1.54) is 4.90 Å². The Morgan fingerprint density at radius 3 is 2.71 bits per heavy atom. The van der Waals surface area contributed by atoms with Crippen molar-refractivity contribution in [3.05, 3.63) is 0 Å². The van der Waals surface area contributed by atoms with Crippen molar-refractivity contribution in [2.45, 2.75) is 29.0 Å². The first kappa shape index (κ1) is 8.98. The molecule has 14 heavy (non-hydrogen) atoms. The van der Waals surface area contributed by atoms with Crippen LogP contribution in [0.15, 0.2) is 0 Å². The second-order valence-corrected chi connectivity index (χ2v) is 5.56. The molecule has 1 saturated carbocycles. The summed E-state index contributed by atoms with van der Waals surface area (Å²) >= 11 is 12.4. The van der Waals surface area contributed by atoms with Gasteiger partial charge in [-0.15, -0.1) is 23.2 Å². The predicted octanol–water partition coefficient (Wildman–Crippen LogP) is 1.12. The average Bonchev–Trinajstić information content (AvgIpc) is 2.27. The predicted molar refractivity (Wildman–Crippen MR) is 51.2 cm³/mol. The van der Waals surface area contributed by atoms with Crippen molar-refractivity contribution >= 4 is 35.0 Å². The van der Waals surface area contributed by atoms with E-state index in [4.69, 9.17) is 23.2 Å². The van der Waals surface area contributed by atoms with Crippen LogP contribution in [-0.4, -0.2) is 33.0 Å². The van der Waals surface area contributed by atoms with E-state index in [-0.39, 0.29) is 17.7 Å². The number of carbonyl (C=O) groups is 2. The molecule has 0 spiro atoms. The molecular weight excluding hydrogens is 225 g/mol. The Morgan fingerprint density at radius 2 is 2.00 bits per heavy atom. The highest BCUT2D eigenvalue weighted by molar-refractivity contribution is 6.54. The maximum Gasteiger partial charge on any atom is 0.253 e. The minimum atomic E-state index is -1.13. The molecule has 0 unspecified atom stereocenters. The molecule has 0 radical (unpaired) electrons. The molecule has 3 aliphatic rings. The normalized spacial score (nSPS) is 50.4. The summed E-state index contributed by atoms with van der Waals surface area (Å²) in [6.07, 6.45) is 2.30. The van der Waals surface area contributed by atoms with E-state index >= 15 is 0 Å². The highest BCUT2D eigenvalue weighted by Gasteiger charge is 2.79. The summed E-state index contributed by atoms with van der Waals surface area (Å²) in [5.74, 6) is -0.464. The molecule has 0 aromatic heterocycles. The molecule has 76 valence electrons. The summed E-state index contributed by atoms with van der Waals surface area (Å²) in [6, 6.07) is 0. The molecule has 3 nitrogen and oxygen atoms in total. The molecule has 0 aromatic carbocycles. The summed E-state index contributed by atoms with van der Waals surface area (Å²) in [6.45, 7) is 0.483. The number of nitrogens with zero attached hydrogens (tertiary/aromatic N) is 1. The molecule has 5 heteroatoms. The van der Waals surface area contributed by atoms with E-state index in [1.807, 2.05) is 0 Å². The molecule has 2 heterocycles. The van der Waals surface area contributed by atoms with Gasteiger partial charge in [0.15, 0.2) is 9.75 Å². The first-order chi connectivity index (χ1) is 6.52. The van der Waals surface area contributed by atoms with Crippen molar-refractivity contribution in [3.63, 3.8) is 0 Å². The van der Waals surface area contributed by atoms with Crippen LogP contribution in [0, 0.1) is 5.92 Å². The standard InChI is InChI=1S/C9H9Cl2NO2/c10-8-4-5-2-1-3-12(6(8)13)7(14)9(5,8)11/h5H,1-4H2/t5-,8-,9-/m1/s1. The van der Waals surface area contributed by atoms with Crippen molar-refractivity contribution in [2.75, 3.05) is 6.54 Å². The maximum atomic E-state index is 11.9. The van der Waals surface area contributed by atoms with Crippen LogP contribution >= 0.6 is 23.2 Å². The quantitative estimate of drug-likeness (QED) is 0.465. The van der Waals surface area contributed by atoms with Crippen LogP contribution in [-0.2, 0) is 9.59 Å². The van der Waals surface area contributed by atoms with Crippen LogP contribution in [0.3, 0.4) is 0 Å². The Kier molecular flexibility index (Phi) is 1.46. The topological polar surface area (TPSA) is 37.4 Å². The Labute approximate surface area is 91.3 Å². The molecule has 2 aliphatic heterocycles. The van der Waals surface area contributed by atoms with Crippen molar-refractivity contribution in [3.8, 4) is 0 Å². The zero-order valence-electron chi connectivity index (χ0n) is 7.43. The van der Waals surface area contributed by atoms with Gasteiger partial charge in [0, 0.05) is 6.54 Å². The van der Waals surface area contributed by atoms with E-state index in [2.05, 4.69) is 0 Å². The maximum absolute atomic E-state index is 11.9. The van der Waals surface area contributed by atoms with Gasteiger partial charge in [-0.05, 0) is 25.2 Å². The molecule has 3 rings (SSSR count). The van der Waals surface area contributed by atoms with E-state index in [9.17, 15) is 9.59 Å². The number of halogens is 2. The molecule has 3 fully saturated rings. The summed E-state index contributed by atoms with van der Waals surface area (Å²) < 4.78 is 0. The number of carbonyl (C=O) groups excluding carboxylic acids is 2. The lowest BCUT2D eigenvalue weighted by atomic mass is 9.63. The number of amides is 2. The smallest absolute Gasteiger partial charge is 0.253 e. The highest BCUT2D eigenvalue weighted by Crippen LogP contribution is 2.64. The lowest BCUT2D eigenvalue weighted by Gasteiger charge is -2.49. The summed E-state index contributed by atoms with van der Waals surface area (Å²) in [5.41, 5.74) is 0. The fourth-order valence-corrected chi connectivity index (χ4v) is 3.88. The van der Waals surface area contributed by atoms with Gasteiger partial charge in [-0.3, -0.25) is 14.5 Å². The summed E-state index contributed by atoms with van der Waals surface area (Å²) in [4.78, 5) is 22.7. The average molecular weight is 234 g/mol. The van der Waals surface area contributed by atoms with Gasteiger partial charge in [-0.2, -0.15) is 0 Å². The Balaban J connectivity index is 2.18. The van der Waals surface area contributed by atoms with Gasteiger partial charge in [0.2, 0.25) is 0 Å². The summed E-state index contributed by atoms with van der Waals surface area (Å²) in [5, 5.41) is 0. The van der Waals surface area contributed by atoms with Gasteiger partial charge < -0.3 is 0 Å². The fourth-order valence-electron chi connectivity index (χ4n) is 2.91. The third-order valence-electron chi connectivity index (χ3n) is 3.74. The van der Waals surface area contributed by atoms with Gasteiger partial charge in [-0.25, -0.2) is 0 Å². The number of hydrogen-bond acceptors (Lipinski definition) is 2. The van der Waals surface area contributed by atoms with Crippen LogP contribution < -0.4 is 0 Å². The Hall–Kier alpha value is -0.280. The second-order valence-electron chi connectivity index (χ2n) is 4.32. The van der Waals surface area contributed by atoms with E-state index in [0.29, 0.717) is 13.0 Å². The van der Waals surface area contributed by atoms with Crippen molar-refractivity contribution in [2.24, 2.45) is 5.92 Å². The molecule has 0 aromatic rings. The number of hydrogen-bond donors (Lipinski definition) is 0. The third kappa shape index (κ3) is 0.644. The van der Waals surface area contributed by atoms with Gasteiger partial charge in [0.25, 0.3) is 11.8 Å². The van der Waals surface area contributed by atoms with E-state index < -0.39 is 9.75 Å². The number of rotatable bonds is 0. The minimum absolute atomic E-state index is 0.0885. The Morgan fingerprint density at radius 1 is 1.29 bits per heavy atom. The molecule has 1 aliphatic carbocycles.